The molecule has 4 heterocycles. The molecule has 180 valence electrons. The summed E-state index contributed by atoms with van der Waals surface area (Å²) in [6, 6.07) is -1.26. The molecule has 2 fully saturated rings. The highest BCUT2D eigenvalue weighted by Crippen LogP contribution is 2.42. The van der Waals surface area contributed by atoms with E-state index in [1.54, 1.807) is 4.90 Å². The number of alkyl halides is 5. The van der Waals surface area contributed by atoms with Gasteiger partial charge in [0.1, 0.15) is 12.2 Å². The van der Waals surface area contributed by atoms with Gasteiger partial charge in [0.2, 0.25) is 11.9 Å². The lowest BCUT2D eigenvalue weighted by Gasteiger charge is -2.40. The first-order chi connectivity index (χ1) is 15.7. The minimum atomic E-state index is -4.91. The molecule has 4 rings (SSSR count). The van der Waals surface area contributed by atoms with Crippen LogP contribution in [0.25, 0.3) is 11.3 Å². The molecule has 0 unspecified atom stereocenters. The Kier molecular flexibility index (Phi) is 6.36. The van der Waals surface area contributed by atoms with Crippen molar-refractivity contribution in [1.29, 1.82) is 0 Å². The zero-order valence-corrected chi connectivity index (χ0v) is 17.6. The smallest absolute Gasteiger partial charge is 0.437 e. The van der Waals surface area contributed by atoms with Gasteiger partial charge in [-0.15, -0.1) is 0 Å². The summed E-state index contributed by atoms with van der Waals surface area (Å²) < 4.78 is 73.8. The topological polar surface area (TPSA) is 88.4 Å². The summed E-state index contributed by atoms with van der Waals surface area (Å²) >= 11 is 0. The zero-order chi connectivity index (χ0) is 23.8. The highest BCUT2D eigenvalue weighted by atomic mass is 19.4. The average Bonchev–Trinajstić information content (AvgIpc) is 3.20. The maximum atomic E-state index is 13.7. The van der Waals surface area contributed by atoms with Crippen molar-refractivity contribution in [2.75, 3.05) is 44.7 Å². The number of nitrogens with one attached hydrogen (secondary N) is 1. The van der Waals surface area contributed by atoms with Crippen LogP contribution in [0.5, 0.6) is 5.75 Å². The SMILES string of the molecule is COc1c(-c2cnn(CC(=O)N3CCNCC3)c2)nc(N2CC[C@@H]2C(F)F)nc1C(F)(F)F. The van der Waals surface area contributed by atoms with Gasteiger partial charge in [0.05, 0.1) is 19.3 Å². The number of halogens is 5. The van der Waals surface area contributed by atoms with Crippen molar-refractivity contribution in [2.24, 2.45) is 0 Å². The van der Waals surface area contributed by atoms with Crippen LogP contribution < -0.4 is 15.0 Å². The van der Waals surface area contributed by atoms with Crippen molar-refractivity contribution in [3.63, 3.8) is 0 Å². The van der Waals surface area contributed by atoms with Gasteiger partial charge in [0.25, 0.3) is 6.43 Å². The van der Waals surface area contributed by atoms with Gasteiger partial charge >= 0.3 is 6.18 Å². The van der Waals surface area contributed by atoms with Crippen molar-refractivity contribution < 1.29 is 31.5 Å². The Hall–Kier alpha value is -3.03. The predicted octanol–water partition coefficient (Wildman–Crippen LogP) is 1.64. The molecule has 0 bridgehead atoms. The fourth-order valence-corrected chi connectivity index (χ4v) is 3.79. The highest BCUT2D eigenvalue weighted by Gasteiger charge is 2.42. The van der Waals surface area contributed by atoms with Crippen LogP contribution in [0, 0.1) is 0 Å². The van der Waals surface area contributed by atoms with E-state index in [-0.39, 0.29) is 36.7 Å². The lowest BCUT2D eigenvalue weighted by Crippen LogP contribution is -2.53. The van der Waals surface area contributed by atoms with E-state index in [2.05, 4.69) is 20.4 Å². The second-order valence-electron chi connectivity index (χ2n) is 7.69. The summed E-state index contributed by atoms with van der Waals surface area (Å²) in [7, 11) is 1.04. The number of carbonyl (C=O) groups is 1. The Morgan fingerprint density at radius 1 is 1.24 bits per heavy atom. The van der Waals surface area contributed by atoms with E-state index >= 15 is 0 Å². The zero-order valence-electron chi connectivity index (χ0n) is 17.6. The number of ether oxygens (including phenoxy) is 1. The fourth-order valence-electron chi connectivity index (χ4n) is 3.79. The normalized spacial score (nSPS) is 19.1. The molecular weight excluding hydrogens is 453 g/mol. The van der Waals surface area contributed by atoms with Crippen molar-refractivity contribution in [3.05, 3.63) is 18.1 Å². The number of aromatic nitrogens is 4. The van der Waals surface area contributed by atoms with Crippen LogP contribution in [0.2, 0.25) is 0 Å². The molecule has 0 aliphatic carbocycles. The first kappa shape index (κ1) is 23.1. The number of piperazine rings is 1. The van der Waals surface area contributed by atoms with Crippen LogP contribution in [-0.4, -0.2) is 82.9 Å². The van der Waals surface area contributed by atoms with E-state index in [0.717, 1.165) is 12.0 Å². The molecule has 2 aromatic heterocycles. The third-order valence-corrected chi connectivity index (χ3v) is 5.61. The van der Waals surface area contributed by atoms with E-state index in [1.807, 2.05) is 0 Å². The van der Waals surface area contributed by atoms with Gasteiger partial charge in [0, 0.05) is 44.5 Å². The third-order valence-electron chi connectivity index (χ3n) is 5.61. The minimum absolute atomic E-state index is 0.105. The van der Waals surface area contributed by atoms with Gasteiger partial charge in [0.15, 0.2) is 11.4 Å². The molecule has 2 saturated heterocycles. The number of hydrogen-bond donors (Lipinski definition) is 1. The van der Waals surface area contributed by atoms with E-state index in [1.165, 1.54) is 17.1 Å². The van der Waals surface area contributed by atoms with Crippen LogP contribution in [0.15, 0.2) is 12.4 Å². The third kappa shape index (κ3) is 4.70. The van der Waals surface area contributed by atoms with Gasteiger partial charge in [-0.05, 0) is 6.42 Å². The van der Waals surface area contributed by atoms with Crippen molar-refractivity contribution >= 4 is 11.9 Å². The quantitative estimate of drug-likeness (QED) is 0.636. The molecule has 1 N–H and O–H groups in total. The van der Waals surface area contributed by atoms with Crippen molar-refractivity contribution in [1.82, 2.24) is 30.0 Å². The first-order valence-electron chi connectivity index (χ1n) is 10.3. The van der Waals surface area contributed by atoms with E-state index < -0.39 is 36.0 Å². The van der Waals surface area contributed by atoms with E-state index in [4.69, 9.17) is 4.74 Å². The molecular formula is C19H22F5N7O2. The highest BCUT2D eigenvalue weighted by molar-refractivity contribution is 5.76. The molecule has 2 aliphatic heterocycles. The van der Waals surface area contributed by atoms with Gasteiger partial charge in [-0.25, -0.2) is 18.7 Å². The van der Waals surface area contributed by atoms with E-state index in [9.17, 15) is 26.7 Å². The van der Waals surface area contributed by atoms with Gasteiger partial charge in [-0.2, -0.15) is 18.3 Å². The summed E-state index contributed by atoms with van der Waals surface area (Å²) in [5, 5.41) is 7.21. The summed E-state index contributed by atoms with van der Waals surface area (Å²) in [5.41, 5.74) is -1.46. The molecule has 0 spiro atoms. The van der Waals surface area contributed by atoms with Crippen LogP contribution in [-0.2, 0) is 17.5 Å². The van der Waals surface area contributed by atoms with Crippen LogP contribution >= 0.6 is 0 Å². The number of amides is 1. The Bertz CT molecular complexity index is 1010. The molecule has 0 saturated carbocycles. The number of anilines is 1. The summed E-state index contributed by atoms with van der Waals surface area (Å²) in [4.78, 5) is 22.8. The number of hydrogen-bond acceptors (Lipinski definition) is 7. The van der Waals surface area contributed by atoms with Crippen LogP contribution in [0.1, 0.15) is 12.1 Å². The lowest BCUT2D eigenvalue weighted by atomic mass is 10.0. The maximum Gasteiger partial charge on any atom is 0.437 e. The molecule has 1 amide bonds. The molecule has 0 radical (unpaired) electrons. The Balaban J connectivity index is 1.67. The molecule has 2 aromatic rings. The Labute approximate surface area is 185 Å². The lowest BCUT2D eigenvalue weighted by molar-refractivity contribution is -0.142. The van der Waals surface area contributed by atoms with Crippen LogP contribution in [0.3, 0.4) is 0 Å². The number of nitrogens with zero attached hydrogens (tertiary/aromatic N) is 6. The predicted molar refractivity (Wildman–Crippen MR) is 106 cm³/mol. The Morgan fingerprint density at radius 3 is 2.55 bits per heavy atom. The second kappa shape index (κ2) is 9.08. The number of methoxy groups -OCH3 is 1. The Morgan fingerprint density at radius 2 is 1.97 bits per heavy atom. The number of carbonyl (C=O) groups excluding carboxylic acids is 1. The van der Waals surface area contributed by atoms with E-state index in [0.29, 0.717) is 26.2 Å². The average molecular weight is 475 g/mol. The molecule has 2 aliphatic rings. The molecule has 33 heavy (non-hydrogen) atoms. The van der Waals surface area contributed by atoms with Gasteiger partial charge < -0.3 is 19.9 Å². The monoisotopic (exact) mass is 475 g/mol. The number of rotatable bonds is 6. The summed E-state index contributed by atoms with van der Waals surface area (Å²) in [6.07, 6.45) is -4.91. The molecule has 14 heteroatoms. The fraction of sp³-hybridized carbons (Fsp3) is 0.579. The summed E-state index contributed by atoms with van der Waals surface area (Å²) in [6.45, 7) is 2.45. The summed E-state index contributed by atoms with van der Waals surface area (Å²) in [5.74, 6) is -1.29. The first-order valence-corrected chi connectivity index (χ1v) is 10.3. The van der Waals surface area contributed by atoms with Crippen molar-refractivity contribution in [2.45, 2.75) is 31.6 Å². The van der Waals surface area contributed by atoms with Crippen molar-refractivity contribution in [3.8, 4) is 17.0 Å². The second-order valence-corrected chi connectivity index (χ2v) is 7.69. The van der Waals surface area contributed by atoms with Crippen LogP contribution in [0.4, 0.5) is 27.9 Å². The minimum Gasteiger partial charge on any atom is -0.492 e. The van der Waals surface area contributed by atoms with Gasteiger partial charge in [-0.1, -0.05) is 0 Å². The molecule has 9 nitrogen and oxygen atoms in total. The van der Waals surface area contributed by atoms with Gasteiger partial charge in [-0.3, -0.25) is 9.48 Å². The molecule has 1 atom stereocenters. The standard InChI is InChI=1S/C19H22F5N7O2/c1-33-15-14(11-8-26-30(9-11)10-13(32)29-6-3-25-4-7-29)27-18(28-16(15)19(22,23)24)31-5-2-12(31)17(20)21/h8-9,12,17,25H,2-7,10H2,1H3/t12-/m1/s1. The maximum absolute atomic E-state index is 13.7. The largest absolute Gasteiger partial charge is 0.492 e. The molecule has 0 aromatic carbocycles.